The molecule has 3 aromatic rings. The van der Waals surface area contributed by atoms with E-state index in [4.69, 9.17) is 4.74 Å². The van der Waals surface area contributed by atoms with Crippen LogP contribution >= 0.6 is 0 Å². The lowest BCUT2D eigenvalue weighted by Gasteiger charge is -2.23. The van der Waals surface area contributed by atoms with Gasteiger partial charge in [-0.05, 0) is 72.9 Å². The maximum absolute atomic E-state index is 12.9. The largest absolute Gasteiger partial charge is 0.457 e. The molecule has 0 radical (unpaired) electrons. The molecule has 5 nitrogen and oxygen atoms in total. The van der Waals surface area contributed by atoms with Gasteiger partial charge in [-0.3, -0.25) is 9.59 Å². The molecule has 0 aliphatic carbocycles. The topological polar surface area (TPSA) is 58.6 Å². The van der Waals surface area contributed by atoms with Gasteiger partial charge in [-0.15, -0.1) is 0 Å². The molecule has 1 heterocycles. The average molecular weight is 443 g/mol. The van der Waals surface area contributed by atoms with Gasteiger partial charge in [0, 0.05) is 24.3 Å². The van der Waals surface area contributed by atoms with Crippen molar-refractivity contribution in [1.29, 1.82) is 0 Å². The van der Waals surface area contributed by atoms with Crippen molar-refractivity contribution in [3.8, 4) is 11.5 Å². The van der Waals surface area contributed by atoms with E-state index in [9.17, 15) is 9.59 Å². The number of carbonyl (C=O) groups excluding carboxylic acids is 2. The van der Waals surface area contributed by atoms with Crippen LogP contribution in [0, 0.1) is 12.8 Å². The smallest absolute Gasteiger partial charge is 0.229 e. The number of carbonyl (C=O) groups is 2. The number of nitrogens with one attached hydrogen (secondary N) is 1. The predicted molar refractivity (Wildman–Crippen MR) is 132 cm³/mol. The molecule has 170 valence electrons. The van der Waals surface area contributed by atoms with E-state index >= 15 is 0 Å². The van der Waals surface area contributed by atoms with Gasteiger partial charge in [-0.25, -0.2) is 0 Å². The van der Waals surface area contributed by atoms with Crippen LogP contribution < -0.4 is 15.0 Å². The van der Waals surface area contributed by atoms with Gasteiger partial charge in [0.2, 0.25) is 11.8 Å². The highest BCUT2D eigenvalue weighted by Gasteiger charge is 2.36. The maximum Gasteiger partial charge on any atom is 0.229 e. The summed E-state index contributed by atoms with van der Waals surface area (Å²) >= 11 is 0. The number of anilines is 2. The van der Waals surface area contributed by atoms with Crippen molar-refractivity contribution in [3.05, 3.63) is 83.4 Å². The summed E-state index contributed by atoms with van der Waals surface area (Å²) in [5, 5.41) is 2.96. The molecule has 4 rings (SSSR count). The fraction of sp³-hybridized carbons (Fsp3) is 0.286. The van der Waals surface area contributed by atoms with Crippen molar-refractivity contribution in [2.75, 3.05) is 16.8 Å². The summed E-state index contributed by atoms with van der Waals surface area (Å²) in [6.45, 7) is 6.61. The van der Waals surface area contributed by atoms with Gasteiger partial charge >= 0.3 is 0 Å². The monoisotopic (exact) mass is 442 g/mol. The summed E-state index contributed by atoms with van der Waals surface area (Å²) in [4.78, 5) is 27.6. The zero-order valence-electron chi connectivity index (χ0n) is 19.4. The fourth-order valence-corrected chi connectivity index (χ4v) is 4.33. The molecular formula is C28H30N2O3. The van der Waals surface area contributed by atoms with Crippen molar-refractivity contribution in [2.45, 2.75) is 40.0 Å². The van der Waals surface area contributed by atoms with Crippen LogP contribution in [0.2, 0.25) is 0 Å². The third-order valence-corrected chi connectivity index (χ3v) is 6.08. The Hall–Kier alpha value is -3.60. The summed E-state index contributed by atoms with van der Waals surface area (Å²) in [5.74, 6) is 0.965. The molecule has 0 spiro atoms. The molecule has 0 saturated carbocycles. The van der Waals surface area contributed by atoms with Crippen LogP contribution in [0.1, 0.15) is 37.0 Å². The number of hydrogen-bond acceptors (Lipinski definition) is 3. The molecule has 1 N–H and O–H groups in total. The SMILES string of the molecule is CCc1cccc(CC)c1N1C[C@H](C(=O)Nc2ccc(Oc3cccc(C)c3)cc2)CC1=O. The average Bonchev–Trinajstić information content (AvgIpc) is 3.21. The first-order valence-electron chi connectivity index (χ1n) is 11.5. The first-order valence-corrected chi connectivity index (χ1v) is 11.5. The second-order valence-electron chi connectivity index (χ2n) is 8.47. The molecule has 1 saturated heterocycles. The summed E-state index contributed by atoms with van der Waals surface area (Å²) < 4.78 is 5.88. The molecular weight excluding hydrogens is 412 g/mol. The van der Waals surface area contributed by atoms with E-state index in [-0.39, 0.29) is 24.2 Å². The Bertz CT molecular complexity index is 1130. The van der Waals surface area contributed by atoms with E-state index in [1.165, 1.54) is 0 Å². The summed E-state index contributed by atoms with van der Waals surface area (Å²) in [5.41, 5.74) is 5.09. The minimum absolute atomic E-state index is 0.00709. The summed E-state index contributed by atoms with van der Waals surface area (Å²) in [7, 11) is 0. The van der Waals surface area contributed by atoms with Crippen molar-refractivity contribution < 1.29 is 14.3 Å². The van der Waals surface area contributed by atoms with Crippen molar-refractivity contribution in [2.24, 2.45) is 5.92 Å². The highest BCUT2D eigenvalue weighted by Crippen LogP contribution is 2.33. The molecule has 5 heteroatoms. The van der Waals surface area contributed by atoms with Gasteiger partial charge in [0.05, 0.1) is 5.92 Å². The molecule has 1 atom stereocenters. The minimum atomic E-state index is -0.379. The van der Waals surface area contributed by atoms with Crippen LogP contribution in [0.25, 0.3) is 0 Å². The van der Waals surface area contributed by atoms with Crippen LogP contribution in [0.4, 0.5) is 11.4 Å². The van der Waals surface area contributed by atoms with Crippen LogP contribution in [0.5, 0.6) is 11.5 Å². The van der Waals surface area contributed by atoms with Crippen molar-refractivity contribution in [3.63, 3.8) is 0 Å². The third-order valence-electron chi connectivity index (χ3n) is 6.08. The van der Waals surface area contributed by atoms with E-state index in [1.807, 2.05) is 61.5 Å². The molecule has 0 bridgehead atoms. The number of benzene rings is 3. The van der Waals surface area contributed by atoms with E-state index in [2.05, 4.69) is 31.3 Å². The maximum atomic E-state index is 12.9. The number of hydrogen-bond donors (Lipinski definition) is 1. The number of para-hydroxylation sites is 1. The molecule has 0 unspecified atom stereocenters. The zero-order chi connectivity index (χ0) is 23.4. The second kappa shape index (κ2) is 9.90. The zero-order valence-corrected chi connectivity index (χ0v) is 19.4. The molecule has 33 heavy (non-hydrogen) atoms. The first-order chi connectivity index (χ1) is 16.0. The van der Waals surface area contributed by atoms with E-state index in [0.29, 0.717) is 18.0 Å². The van der Waals surface area contributed by atoms with Gasteiger partial charge in [0.25, 0.3) is 0 Å². The van der Waals surface area contributed by atoms with Crippen LogP contribution in [0.3, 0.4) is 0 Å². The Morgan fingerprint density at radius 2 is 1.64 bits per heavy atom. The number of aryl methyl sites for hydroxylation is 3. The summed E-state index contributed by atoms with van der Waals surface area (Å²) in [6.07, 6.45) is 1.92. The second-order valence-corrected chi connectivity index (χ2v) is 8.47. The van der Waals surface area contributed by atoms with E-state index in [0.717, 1.165) is 41.0 Å². The van der Waals surface area contributed by atoms with Crippen molar-refractivity contribution >= 4 is 23.2 Å². The highest BCUT2D eigenvalue weighted by molar-refractivity contribution is 6.04. The Labute approximate surface area is 195 Å². The highest BCUT2D eigenvalue weighted by atomic mass is 16.5. The molecule has 3 aromatic carbocycles. The Kier molecular flexibility index (Phi) is 6.78. The first kappa shape index (κ1) is 22.6. The number of nitrogens with zero attached hydrogens (tertiary/aromatic N) is 1. The minimum Gasteiger partial charge on any atom is -0.457 e. The number of amides is 2. The van der Waals surface area contributed by atoms with Crippen LogP contribution in [-0.4, -0.2) is 18.4 Å². The van der Waals surface area contributed by atoms with Crippen LogP contribution in [0.15, 0.2) is 66.7 Å². The standard InChI is InChI=1S/C28H30N2O3/c1-4-20-9-7-10-21(5-2)27(20)30-18-22(17-26(30)31)28(32)29-23-12-14-24(15-13-23)33-25-11-6-8-19(3)16-25/h6-16,22H,4-5,17-18H2,1-3H3,(H,29,32)/t22-/m1/s1. The molecule has 1 fully saturated rings. The quantitative estimate of drug-likeness (QED) is 0.495. The van der Waals surface area contributed by atoms with E-state index < -0.39 is 0 Å². The molecule has 2 amide bonds. The Morgan fingerprint density at radius 3 is 2.27 bits per heavy atom. The van der Waals surface area contributed by atoms with Gasteiger partial charge < -0.3 is 15.0 Å². The Morgan fingerprint density at radius 1 is 0.970 bits per heavy atom. The lowest BCUT2D eigenvalue weighted by molar-refractivity contribution is -0.122. The number of rotatable bonds is 7. The van der Waals surface area contributed by atoms with Gasteiger partial charge in [-0.1, -0.05) is 44.2 Å². The van der Waals surface area contributed by atoms with E-state index in [1.54, 1.807) is 4.90 Å². The molecule has 1 aliphatic heterocycles. The number of ether oxygens (including phenoxy) is 1. The van der Waals surface area contributed by atoms with Gasteiger partial charge in [-0.2, -0.15) is 0 Å². The van der Waals surface area contributed by atoms with Crippen LogP contribution in [-0.2, 0) is 22.4 Å². The summed E-state index contributed by atoms with van der Waals surface area (Å²) in [6, 6.07) is 21.3. The molecule has 0 aromatic heterocycles. The third kappa shape index (κ3) is 5.08. The fourth-order valence-electron chi connectivity index (χ4n) is 4.33. The lowest BCUT2D eigenvalue weighted by atomic mass is 10.0. The van der Waals surface area contributed by atoms with Gasteiger partial charge in [0.1, 0.15) is 11.5 Å². The molecule has 1 aliphatic rings. The lowest BCUT2D eigenvalue weighted by Crippen LogP contribution is -2.29. The van der Waals surface area contributed by atoms with Gasteiger partial charge in [0.15, 0.2) is 0 Å². The predicted octanol–water partition coefficient (Wildman–Crippen LogP) is 5.90. The Balaban J connectivity index is 1.42. The van der Waals surface area contributed by atoms with Crippen molar-refractivity contribution in [1.82, 2.24) is 0 Å². The normalized spacial score (nSPS) is 15.5.